The van der Waals surface area contributed by atoms with Crippen LogP contribution in [0, 0.1) is 0 Å². The number of nitrogens with zero attached hydrogens (tertiary/aromatic N) is 5. The highest BCUT2D eigenvalue weighted by Gasteiger charge is 2.16. The topological polar surface area (TPSA) is 98.1 Å². The Kier molecular flexibility index (Phi) is 6.14. The van der Waals surface area contributed by atoms with Crippen LogP contribution in [0.4, 0.5) is 0 Å². The van der Waals surface area contributed by atoms with Crippen LogP contribution >= 0.6 is 23.1 Å². The highest BCUT2D eigenvalue weighted by Crippen LogP contribution is 2.27. The van der Waals surface area contributed by atoms with Gasteiger partial charge >= 0.3 is 0 Å². The Morgan fingerprint density at radius 3 is 2.83 bits per heavy atom. The van der Waals surface area contributed by atoms with Crippen molar-refractivity contribution in [3.05, 3.63) is 51.4 Å². The Bertz CT molecular complexity index is 1210. The molecule has 3 aromatic heterocycles. The van der Waals surface area contributed by atoms with E-state index in [0.29, 0.717) is 33.3 Å². The van der Waals surface area contributed by atoms with E-state index < -0.39 is 0 Å². The molecule has 0 bridgehead atoms. The van der Waals surface area contributed by atoms with E-state index in [2.05, 4.69) is 39.1 Å². The predicted molar refractivity (Wildman–Crippen MR) is 118 cm³/mol. The fourth-order valence-electron chi connectivity index (χ4n) is 3.10. The van der Waals surface area contributed by atoms with Gasteiger partial charge in [-0.05, 0) is 25.0 Å². The number of ether oxygens (including phenoxy) is 1. The number of hydrogen-bond acceptors (Lipinski definition) is 8. The normalized spacial score (nSPS) is 11.5. The Morgan fingerprint density at radius 1 is 1.23 bits per heavy atom. The maximum absolute atomic E-state index is 12.5. The number of aromatic amines is 1. The summed E-state index contributed by atoms with van der Waals surface area (Å²) in [6.45, 7) is 4.27. The molecule has 8 nitrogen and oxygen atoms in total. The Morgan fingerprint density at radius 2 is 2.07 bits per heavy atom. The van der Waals surface area contributed by atoms with Crippen molar-refractivity contribution in [3.8, 4) is 17.1 Å². The molecule has 0 spiro atoms. The van der Waals surface area contributed by atoms with Gasteiger partial charge in [0.25, 0.3) is 5.56 Å². The number of fused-ring (bicyclic) bond motifs is 1. The summed E-state index contributed by atoms with van der Waals surface area (Å²) in [6, 6.07) is 9.15. The predicted octanol–water partition coefficient (Wildman–Crippen LogP) is 4.14. The van der Waals surface area contributed by atoms with Gasteiger partial charge in [-0.3, -0.25) is 9.89 Å². The number of hydrogen-bond donors (Lipinski definition) is 1. The molecule has 30 heavy (non-hydrogen) atoms. The van der Waals surface area contributed by atoms with E-state index >= 15 is 0 Å². The molecular formula is C20H22N6O2S2. The van der Waals surface area contributed by atoms with Crippen molar-refractivity contribution in [3.63, 3.8) is 0 Å². The summed E-state index contributed by atoms with van der Waals surface area (Å²) in [5.74, 6) is 2.28. The zero-order valence-electron chi connectivity index (χ0n) is 17.0. The van der Waals surface area contributed by atoms with Crippen LogP contribution < -0.4 is 10.3 Å². The monoisotopic (exact) mass is 442 g/mol. The third kappa shape index (κ3) is 4.24. The number of thioether (sulfide) groups is 1. The standard InChI is InChI=1S/C20H22N6O2S2/c1-4-12(5-2)18-25-26-16(27)10-14(21-20(26)30-18)11-29-19-22-17(23-24-19)13-7-6-8-15(9-13)28-3/h6-10,12H,4-5,11H2,1-3H3,(H,22,23,24). The van der Waals surface area contributed by atoms with Gasteiger partial charge in [0.15, 0.2) is 5.82 Å². The van der Waals surface area contributed by atoms with Crippen LogP contribution in [0.5, 0.6) is 5.75 Å². The van der Waals surface area contributed by atoms with Gasteiger partial charge in [0, 0.05) is 23.3 Å². The lowest BCUT2D eigenvalue weighted by Gasteiger charge is -2.05. The Labute approximate surface area is 181 Å². The molecule has 4 aromatic rings. The average Bonchev–Trinajstić information content (AvgIpc) is 3.41. The SMILES string of the molecule is CCC(CC)c1nn2c(=O)cc(CSc3n[nH]c(-c4cccc(OC)c4)n3)nc2s1. The second kappa shape index (κ2) is 8.97. The first-order valence-corrected chi connectivity index (χ1v) is 11.5. The van der Waals surface area contributed by atoms with Crippen molar-refractivity contribution in [1.29, 1.82) is 0 Å². The average molecular weight is 443 g/mol. The lowest BCUT2D eigenvalue weighted by Crippen LogP contribution is -2.15. The number of aromatic nitrogens is 6. The summed E-state index contributed by atoms with van der Waals surface area (Å²) >= 11 is 2.92. The second-order valence-corrected chi connectivity index (χ2v) is 8.65. The van der Waals surface area contributed by atoms with E-state index in [-0.39, 0.29) is 5.56 Å². The summed E-state index contributed by atoms with van der Waals surface area (Å²) in [6.07, 6.45) is 1.99. The van der Waals surface area contributed by atoms with Crippen molar-refractivity contribution in [2.45, 2.75) is 43.5 Å². The van der Waals surface area contributed by atoms with E-state index in [1.54, 1.807) is 7.11 Å². The Hall–Kier alpha value is -2.72. The number of methoxy groups -OCH3 is 1. The van der Waals surface area contributed by atoms with Crippen LogP contribution in [0.2, 0.25) is 0 Å². The molecule has 0 aliphatic carbocycles. The fraction of sp³-hybridized carbons (Fsp3) is 0.350. The third-order valence-electron chi connectivity index (χ3n) is 4.81. The number of benzene rings is 1. The smallest absolute Gasteiger partial charge is 0.275 e. The van der Waals surface area contributed by atoms with E-state index in [1.807, 2.05) is 24.3 Å². The zero-order valence-corrected chi connectivity index (χ0v) is 18.6. The molecule has 0 radical (unpaired) electrons. The minimum Gasteiger partial charge on any atom is -0.497 e. The maximum Gasteiger partial charge on any atom is 0.275 e. The van der Waals surface area contributed by atoms with Gasteiger partial charge in [0.05, 0.1) is 12.8 Å². The first-order valence-electron chi connectivity index (χ1n) is 9.70. The molecule has 0 saturated carbocycles. The molecule has 0 atom stereocenters. The van der Waals surface area contributed by atoms with E-state index in [0.717, 1.165) is 29.2 Å². The fourth-order valence-corrected chi connectivity index (χ4v) is 4.98. The van der Waals surface area contributed by atoms with Crippen LogP contribution in [-0.4, -0.2) is 36.9 Å². The molecule has 1 aromatic carbocycles. The molecule has 156 valence electrons. The summed E-state index contributed by atoms with van der Waals surface area (Å²) in [5.41, 5.74) is 1.43. The van der Waals surface area contributed by atoms with Crippen molar-refractivity contribution in [2.24, 2.45) is 0 Å². The molecule has 0 aliphatic heterocycles. The van der Waals surface area contributed by atoms with Gasteiger partial charge in [0.2, 0.25) is 10.1 Å². The lowest BCUT2D eigenvalue weighted by atomic mass is 10.1. The molecule has 1 N–H and O–H groups in total. The summed E-state index contributed by atoms with van der Waals surface area (Å²) in [4.78, 5) is 22.3. The van der Waals surface area contributed by atoms with Crippen LogP contribution in [0.3, 0.4) is 0 Å². The van der Waals surface area contributed by atoms with Crippen molar-refractivity contribution < 1.29 is 4.74 Å². The second-order valence-electron chi connectivity index (χ2n) is 6.72. The minimum absolute atomic E-state index is 0.156. The van der Waals surface area contributed by atoms with Crippen molar-refractivity contribution in [1.82, 2.24) is 29.8 Å². The van der Waals surface area contributed by atoms with Gasteiger partial charge in [-0.25, -0.2) is 9.97 Å². The van der Waals surface area contributed by atoms with Crippen LogP contribution in [0.1, 0.15) is 43.3 Å². The van der Waals surface area contributed by atoms with E-state index in [4.69, 9.17) is 4.74 Å². The van der Waals surface area contributed by atoms with Gasteiger partial charge in [-0.15, -0.1) is 5.10 Å². The van der Waals surface area contributed by atoms with Crippen LogP contribution in [0.15, 0.2) is 40.3 Å². The minimum atomic E-state index is -0.156. The molecule has 10 heteroatoms. The first kappa shape index (κ1) is 20.5. The highest BCUT2D eigenvalue weighted by atomic mass is 32.2. The Balaban J connectivity index is 1.51. The van der Waals surface area contributed by atoms with Crippen LogP contribution in [-0.2, 0) is 5.75 Å². The first-order chi connectivity index (χ1) is 14.6. The molecule has 0 amide bonds. The number of rotatable bonds is 8. The summed E-state index contributed by atoms with van der Waals surface area (Å²) in [7, 11) is 1.63. The summed E-state index contributed by atoms with van der Waals surface area (Å²) in [5, 5.41) is 13.2. The molecule has 3 heterocycles. The molecule has 0 fully saturated rings. The van der Waals surface area contributed by atoms with Crippen molar-refractivity contribution in [2.75, 3.05) is 7.11 Å². The van der Waals surface area contributed by atoms with Gasteiger partial charge in [-0.2, -0.15) is 9.61 Å². The van der Waals surface area contributed by atoms with E-state index in [1.165, 1.54) is 33.7 Å². The molecule has 0 saturated heterocycles. The summed E-state index contributed by atoms with van der Waals surface area (Å²) < 4.78 is 6.66. The maximum atomic E-state index is 12.5. The molecule has 0 unspecified atom stereocenters. The number of H-pyrrole nitrogens is 1. The third-order valence-corrected chi connectivity index (χ3v) is 6.76. The molecule has 0 aliphatic rings. The molecule has 4 rings (SSSR count). The van der Waals surface area contributed by atoms with Gasteiger partial charge in [0.1, 0.15) is 10.8 Å². The highest BCUT2D eigenvalue weighted by molar-refractivity contribution is 7.98. The molecular weight excluding hydrogens is 420 g/mol. The van der Waals surface area contributed by atoms with Gasteiger partial charge in [-0.1, -0.05) is 49.1 Å². The largest absolute Gasteiger partial charge is 0.497 e. The lowest BCUT2D eigenvalue weighted by molar-refractivity contribution is 0.415. The zero-order chi connectivity index (χ0) is 21.1. The van der Waals surface area contributed by atoms with E-state index in [9.17, 15) is 4.79 Å². The van der Waals surface area contributed by atoms with Crippen LogP contribution in [0.25, 0.3) is 16.3 Å². The van der Waals surface area contributed by atoms with Gasteiger partial charge < -0.3 is 4.74 Å². The quantitative estimate of drug-likeness (QED) is 0.410. The van der Waals surface area contributed by atoms with Crippen molar-refractivity contribution >= 4 is 28.1 Å². The number of nitrogens with one attached hydrogen (secondary N) is 1.